The van der Waals surface area contributed by atoms with Crippen LogP contribution in [0.5, 0.6) is 0 Å². The molecule has 0 saturated heterocycles. The zero-order chi connectivity index (χ0) is 27.7. The van der Waals surface area contributed by atoms with Crippen LogP contribution in [0.3, 0.4) is 0 Å². The number of esters is 1. The molecule has 0 spiro atoms. The summed E-state index contributed by atoms with van der Waals surface area (Å²) in [6, 6.07) is -2.82. The van der Waals surface area contributed by atoms with Crippen molar-refractivity contribution in [2.24, 2.45) is 11.8 Å². The lowest BCUT2D eigenvalue weighted by atomic mass is 9.95. The van der Waals surface area contributed by atoms with Gasteiger partial charge in [-0.3, -0.25) is 14.4 Å². The molecule has 5 atom stereocenters. The van der Waals surface area contributed by atoms with Crippen LogP contribution in [0.25, 0.3) is 0 Å². The molecular weight excluding hydrogens is 452 g/mol. The Morgan fingerprint density at radius 3 is 1.94 bits per heavy atom. The van der Waals surface area contributed by atoms with E-state index in [0.29, 0.717) is 19.4 Å². The minimum atomic E-state index is -1.67. The fraction of sp³-hybridized carbons (Fsp3) is 0.840. The fourth-order valence-corrected chi connectivity index (χ4v) is 3.60. The lowest BCUT2D eigenvalue weighted by molar-refractivity contribution is -0.176. The van der Waals surface area contributed by atoms with Crippen molar-refractivity contribution in [3.05, 3.63) is 0 Å². The summed E-state index contributed by atoms with van der Waals surface area (Å²) in [5.41, 5.74) is -1.67. The van der Waals surface area contributed by atoms with Crippen molar-refractivity contribution < 1.29 is 29.0 Å². The minimum Gasteiger partial charge on any atom is -0.450 e. The van der Waals surface area contributed by atoms with Crippen molar-refractivity contribution in [1.29, 1.82) is 0 Å². The van der Waals surface area contributed by atoms with Gasteiger partial charge in [0.2, 0.25) is 11.8 Å². The normalized spacial score (nSPS) is 16.0. The van der Waals surface area contributed by atoms with Gasteiger partial charge in [0.1, 0.15) is 6.04 Å². The van der Waals surface area contributed by atoms with Crippen LogP contribution in [0.1, 0.15) is 68.2 Å². The van der Waals surface area contributed by atoms with Crippen LogP contribution in [0.4, 0.5) is 0 Å². The summed E-state index contributed by atoms with van der Waals surface area (Å²) in [5, 5.41) is 16.4. The van der Waals surface area contributed by atoms with Gasteiger partial charge in [0, 0.05) is 26.6 Å². The van der Waals surface area contributed by atoms with Crippen LogP contribution < -0.4 is 10.6 Å². The molecule has 0 fully saturated rings. The smallest absolute Gasteiger partial charge is 0.332 e. The average Bonchev–Trinajstić information content (AvgIpc) is 2.77. The number of amides is 3. The number of likely N-dealkylation sites (N-methyl/N-ethyl adjacent to an activating group) is 3. The Labute approximate surface area is 211 Å². The summed E-state index contributed by atoms with van der Waals surface area (Å²) in [6.07, 6.45) is -0.114. The van der Waals surface area contributed by atoms with E-state index in [1.165, 1.54) is 25.8 Å². The summed E-state index contributed by atoms with van der Waals surface area (Å²) in [4.78, 5) is 54.8. The molecule has 0 bridgehead atoms. The molecule has 5 unspecified atom stereocenters. The van der Waals surface area contributed by atoms with Crippen LogP contribution in [0.2, 0.25) is 0 Å². The molecule has 35 heavy (non-hydrogen) atoms. The molecule has 0 heterocycles. The van der Waals surface area contributed by atoms with E-state index >= 15 is 0 Å². The topological polar surface area (TPSA) is 128 Å². The van der Waals surface area contributed by atoms with Crippen molar-refractivity contribution in [3.8, 4) is 0 Å². The molecule has 0 aromatic rings. The molecule has 10 nitrogen and oxygen atoms in total. The van der Waals surface area contributed by atoms with Crippen LogP contribution in [-0.2, 0) is 23.9 Å². The lowest BCUT2D eigenvalue weighted by Crippen LogP contribution is -2.61. The molecule has 0 aromatic heterocycles. The van der Waals surface area contributed by atoms with Crippen LogP contribution in [0.15, 0.2) is 0 Å². The van der Waals surface area contributed by atoms with E-state index in [2.05, 4.69) is 10.6 Å². The van der Waals surface area contributed by atoms with E-state index in [-0.39, 0.29) is 23.7 Å². The van der Waals surface area contributed by atoms with E-state index in [9.17, 15) is 24.3 Å². The SMILES string of the molecule is CCC(C)C(OC(=O)C(N(C)C(=O)C(CC(C)C)NC(=O)C(C)NC)C(C)(C)O)C(=O)N(C)CC. The summed E-state index contributed by atoms with van der Waals surface area (Å²) >= 11 is 0. The summed E-state index contributed by atoms with van der Waals surface area (Å²) < 4.78 is 5.66. The number of ether oxygens (including phenoxy) is 1. The van der Waals surface area contributed by atoms with E-state index < -0.39 is 41.7 Å². The Balaban J connectivity index is 6.07. The highest BCUT2D eigenvalue weighted by atomic mass is 16.6. The van der Waals surface area contributed by atoms with Gasteiger partial charge < -0.3 is 30.3 Å². The molecule has 0 aromatic carbocycles. The Morgan fingerprint density at radius 2 is 1.54 bits per heavy atom. The summed E-state index contributed by atoms with van der Waals surface area (Å²) in [6.45, 7) is 14.3. The molecule has 204 valence electrons. The number of carbonyl (C=O) groups is 4. The van der Waals surface area contributed by atoms with Crippen molar-refractivity contribution in [3.63, 3.8) is 0 Å². The highest BCUT2D eigenvalue weighted by Crippen LogP contribution is 2.22. The van der Waals surface area contributed by atoms with Gasteiger partial charge in [0.05, 0.1) is 11.6 Å². The Kier molecular flexibility index (Phi) is 13.5. The van der Waals surface area contributed by atoms with E-state index in [0.717, 1.165) is 4.90 Å². The highest BCUT2D eigenvalue weighted by molar-refractivity contribution is 5.93. The van der Waals surface area contributed by atoms with E-state index in [4.69, 9.17) is 4.74 Å². The van der Waals surface area contributed by atoms with Gasteiger partial charge in [-0.05, 0) is 53.5 Å². The van der Waals surface area contributed by atoms with E-state index in [1.54, 1.807) is 21.0 Å². The molecule has 3 amide bonds. The fourth-order valence-electron chi connectivity index (χ4n) is 3.60. The molecular formula is C25H48N4O6. The molecule has 0 saturated carbocycles. The Hall–Kier alpha value is -2.20. The van der Waals surface area contributed by atoms with Crippen LogP contribution in [0, 0.1) is 11.8 Å². The van der Waals surface area contributed by atoms with E-state index in [1.807, 2.05) is 34.6 Å². The third kappa shape index (κ3) is 9.76. The van der Waals surface area contributed by atoms with Gasteiger partial charge >= 0.3 is 5.97 Å². The lowest BCUT2D eigenvalue weighted by Gasteiger charge is -2.38. The van der Waals surface area contributed by atoms with Gasteiger partial charge in [0.15, 0.2) is 12.1 Å². The first-order valence-electron chi connectivity index (χ1n) is 12.4. The number of hydrogen-bond donors (Lipinski definition) is 3. The quantitative estimate of drug-likeness (QED) is 0.305. The van der Waals surface area contributed by atoms with Gasteiger partial charge in [-0.25, -0.2) is 4.79 Å². The maximum absolute atomic E-state index is 13.5. The second-order valence-electron chi connectivity index (χ2n) is 10.3. The second-order valence-corrected chi connectivity index (χ2v) is 10.3. The van der Waals surface area contributed by atoms with Gasteiger partial charge in [0.25, 0.3) is 5.91 Å². The summed E-state index contributed by atoms with van der Waals surface area (Å²) in [7, 11) is 4.66. The maximum atomic E-state index is 13.5. The van der Waals surface area contributed by atoms with Crippen molar-refractivity contribution in [2.75, 3.05) is 27.7 Å². The zero-order valence-corrected chi connectivity index (χ0v) is 23.5. The Morgan fingerprint density at radius 1 is 1.00 bits per heavy atom. The molecule has 3 N–H and O–H groups in total. The first kappa shape index (κ1) is 32.8. The van der Waals surface area contributed by atoms with Gasteiger partial charge in [-0.2, -0.15) is 0 Å². The number of aliphatic hydroxyl groups is 1. The third-order valence-electron chi connectivity index (χ3n) is 6.27. The molecule has 0 rings (SSSR count). The third-order valence-corrected chi connectivity index (χ3v) is 6.27. The molecule has 0 aliphatic heterocycles. The largest absolute Gasteiger partial charge is 0.450 e. The van der Waals surface area contributed by atoms with Gasteiger partial charge in [-0.1, -0.05) is 27.7 Å². The summed E-state index contributed by atoms with van der Waals surface area (Å²) in [5.74, 6) is -2.30. The predicted molar refractivity (Wildman–Crippen MR) is 135 cm³/mol. The first-order valence-corrected chi connectivity index (χ1v) is 12.4. The van der Waals surface area contributed by atoms with Gasteiger partial charge in [-0.15, -0.1) is 0 Å². The number of carbonyl (C=O) groups excluding carboxylic acids is 4. The average molecular weight is 501 g/mol. The van der Waals surface area contributed by atoms with Crippen LogP contribution in [-0.4, -0.2) is 96.1 Å². The number of hydrogen-bond acceptors (Lipinski definition) is 7. The number of nitrogens with one attached hydrogen (secondary N) is 2. The molecule has 0 aliphatic carbocycles. The Bertz CT molecular complexity index is 721. The van der Waals surface area contributed by atoms with Crippen molar-refractivity contribution in [1.82, 2.24) is 20.4 Å². The number of rotatable bonds is 14. The maximum Gasteiger partial charge on any atom is 0.332 e. The first-order chi connectivity index (χ1) is 16.0. The molecule has 0 radical (unpaired) electrons. The predicted octanol–water partition coefficient (Wildman–Crippen LogP) is 1.16. The van der Waals surface area contributed by atoms with Crippen LogP contribution >= 0.6 is 0 Å². The second kappa shape index (κ2) is 14.4. The van der Waals surface area contributed by atoms with Crippen molar-refractivity contribution >= 4 is 23.7 Å². The monoisotopic (exact) mass is 500 g/mol. The zero-order valence-electron chi connectivity index (χ0n) is 23.5. The standard InChI is InChI=1S/C25H48N4O6/c1-12-16(5)19(23(32)28(10)13-2)35-24(33)20(25(7,8)34)29(11)22(31)18(14-15(3)4)27-21(30)17(6)26-9/h15-20,26,34H,12-14H2,1-11H3,(H,27,30). The molecule has 0 aliphatic rings. The number of nitrogens with zero attached hydrogens (tertiary/aromatic N) is 2. The highest BCUT2D eigenvalue weighted by Gasteiger charge is 2.44. The minimum absolute atomic E-state index is 0.0760. The van der Waals surface area contributed by atoms with Crippen molar-refractivity contribution in [2.45, 2.75) is 98.1 Å². The molecule has 10 heteroatoms.